The molecule has 6 nitrogen and oxygen atoms in total. The lowest BCUT2D eigenvalue weighted by Crippen LogP contribution is -2.37. The van der Waals surface area contributed by atoms with Crippen molar-refractivity contribution in [1.82, 2.24) is 25.4 Å². The van der Waals surface area contributed by atoms with Crippen LogP contribution >= 0.6 is 35.3 Å². The van der Waals surface area contributed by atoms with Gasteiger partial charge >= 0.3 is 0 Å². The van der Waals surface area contributed by atoms with Crippen molar-refractivity contribution in [2.75, 3.05) is 6.54 Å². The Morgan fingerprint density at radius 2 is 2.07 bits per heavy atom. The summed E-state index contributed by atoms with van der Waals surface area (Å²) in [5.74, 6) is 3.62. The molecule has 0 unspecified atom stereocenters. The van der Waals surface area contributed by atoms with Gasteiger partial charge in [-0.2, -0.15) is 0 Å². The molecule has 0 amide bonds. The van der Waals surface area contributed by atoms with Crippen LogP contribution in [-0.2, 0) is 20.1 Å². The molecule has 1 aliphatic rings. The van der Waals surface area contributed by atoms with Gasteiger partial charge in [0.2, 0.25) is 0 Å². The Morgan fingerprint density at radius 1 is 1.25 bits per heavy atom. The maximum absolute atomic E-state index is 4.72. The zero-order chi connectivity index (χ0) is 18.9. The number of guanidine groups is 1. The molecule has 0 aliphatic heterocycles. The fourth-order valence-corrected chi connectivity index (χ4v) is 4.21. The summed E-state index contributed by atoms with van der Waals surface area (Å²) in [7, 11) is 1.98. The maximum atomic E-state index is 4.72. The number of thiophene rings is 1. The lowest BCUT2D eigenvalue weighted by molar-refractivity contribution is 0.472. The second-order valence-corrected chi connectivity index (χ2v) is 8.43. The Kier molecular flexibility index (Phi) is 10.3. The Bertz CT molecular complexity index is 706. The molecule has 1 aliphatic carbocycles. The molecule has 0 atom stereocenters. The Balaban J connectivity index is 0.00000280. The minimum absolute atomic E-state index is 0. The average Bonchev–Trinajstić information content (AvgIpc) is 3.42. The third-order valence-corrected chi connectivity index (χ3v) is 6.25. The molecule has 28 heavy (non-hydrogen) atoms. The molecule has 1 saturated carbocycles. The van der Waals surface area contributed by atoms with E-state index < -0.39 is 0 Å². The zero-order valence-corrected chi connectivity index (χ0v) is 20.1. The minimum Gasteiger partial charge on any atom is -0.356 e. The van der Waals surface area contributed by atoms with Crippen LogP contribution in [0.25, 0.3) is 0 Å². The maximum Gasteiger partial charge on any atom is 0.192 e. The minimum atomic E-state index is 0. The average molecular weight is 516 g/mol. The van der Waals surface area contributed by atoms with Gasteiger partial charge in [-0.3, -0.25) is 0 Å². The number of nitrogens with zero attached hydrogens (tertiary/aromatic N) is 4. The summed E-state index contributed by atoms with van der Waals surface area (Å²) < 4.78 is 1.99. The lowest BCUT2D eigenvalue weighted by Gasteiger charge is -2.13. The van der Waals surface area contributed by atoms with Crippen molar-refractivity contribution in [2.24, 2.45) is 18.0 Å². The molecule has 8 heteroatoms. The van der Waals surface area contributed by atoms with Gasteiger partial charge in [-0.15, -0.1) is 45.5 Å². The van der Waals surface area contributed by atoms with Crippen molar-refractivity contribution in [3.05, 3.63) is 34.0 Å². The molecule has 156 valence electrons. The van der Waals surface area contributed by atoms with E-state index in [0.29, 0.717) is 6.54 Å². The molecular formula is C20H33IN6S. The first kappa shape index (κ1) is 23.1. The molecule has 2 heterocycles. The van der Waals surface area contributed by atoms with Gasteiger partial charge in [-0.05, 0) is 30.7 Å². The van der Waals surface area contributed by atoms with Crippen LogP contribution in [0.4, 0.5) is 0 Å². The van der Waals surface area contributed by atoms with E-state index in [9.17, 15) is 0 Å². The van der Waals surface area contributed by atoms with E-state index in [4.69, 9.17) is 4.99 Å². The van der Waals surface area contributed by atoms with Crippen LogP contribution in [-0.4, -0.2) is 27.3 Å². The molecule has 0 spiro atoms. The third kappa shape index (κ3) is 7.35. The van der Waals surface area contributed by atoms with Crippen LogP contribution in [0.3, 0.4) is 0 Å². The molecule has 1 fully saturated rings. The molecule has 0 aromatic carbocycles. The number of hydrogen-bond donors (Lipinski definition) is 2. The fraction of sp³-hybridized carbons (Fsp3) is 0.650. The van der Waals surface area contributed by atoms with Crippen LogP contribution in [0.2, 0.25) is 0 Å². The van der Waals surface area contributed by atoms with E-state index in [1.165, 1.54) is 49.8 Å². The number of halogens is 1. The van der Waals surface area contributed by atoms with Gasteiger partial charge < -0.3 is 15.2 Å². The summed E-state index contributed by atoms with van der Waals surface area (Å²) in [5.41, 5.74) is 0. The Morgan fingerprint density at radius 3 is 2.75 bits per heavy atom. The molecule has 2 aromatic rings. The molecule has 2 N–H and O–H groups in total. The number of aliphatic imine (C=N–C) groups is 1. The second kappa shape index (κ2) is 12.4. The van der Waals surface area contributed by atoms with Crippen LogP contribution in [0, 0.1) is 12.8 Å². The van der Waals surface area contributed by atoms with Crippen LogP contribution in [0.5, 0.6) is 0 Å². The highest BCUT2D eigenvalue weighted by molar-refractivity contribution is 14.0. The van der Waals surface area contributed by atoms with Crippen molar-refractivity contribution >= 4 is 41.3 Å². The zero-order valence-electron chi connectivity index (χ0n) is 17.0. The lowest BCUT2D eigenvalue weighted by atomic mass is 10.0. The first-order valence-electron chi connectivity index (χ1n) is 10.1. The van der Waals surface area contributed by atoms with Crippen molar-refractivity contribution in [1.29, 1.82) is 0 Å². The van der Waals surface area contributed by atoms with E-state index in [0.717, 1.165) is 36.6 Å². The summed E-state index contributed by atoms with van der Waals surface area (Å²) >= 11 is 1.76. The highest BCUT2D eigenvalue weighted by atomic mass is 127. The van der Waals surface area contributed by atoms with E-state index in [-0.39, 0.29) is 24.0 Å². The molecule has 0 radical (unpaired) electrons. The number of aromatic nitrogens is 3. The van der Waals surface area contributed by atoms with Crippen LogP contribution in [0.1, 0.15) is 61.5 Å². The Hall–Kier alpha value is -1.16. The summed E-state index contributed by atoms with van der Waals surface area (Å²) in [4.78, 5) is 6.02. The predicted octanol–water partition coefficient (Wildman–Crippen LogP) is 4.40. The van der Waals surface area contributed by atoms with Gasteiger partial charge in [-0.1, -0.05) is 44.6 Å². The van der Waals surface area contributed by atoms with Gasteiger partial charge in [0.15, 0.2) is 11.8 Å². The van der Waals surface area contributed by atoms with Gasteiger partial charge in [0.1, 0.15) is 12.4 Å². The first-order valence-corrected chi connectivity index (χ1v) is 11.0. The van der Waals surface area contributed by atoms with E-state index in [2.05, 4.69) is 38.3 Å². The largest absolute Gasteiger partial charge is 0.356 e. The van der Waals surface area contributed by atoms with Crippen LogP contribution in [0.15, 0.2) is 22.5 Å². The van der Waals surface area contributed by atoms with Gasteiger partial charge in [0.25, 0.3) is 0 Å². The summed E-state index contributed by atoms with van der Waals surface area (Å²) in [6.45, 7) is 4.24. The van der Waals surface area contributed by atoms with Crippen molar-refractivity contribution < 1.29 is 0 Å². The SMILES string of the molecule is Cc1nnc(CN=C(NCCCCC2CCCC2)NCc2cccs2)n1C.I. The Labute approximate surface area is 189 Å². The fourth-order valence-electron chi connectivity index (χ4n) is 3.56. The normalized spacial score (nSPS) is 14.9. The van der Waals surface area contributed by atoms with E-state index in [1.807, 2.05) is 18.5 Å². The number of nitrogens with one attached hydrogen (secondary N) is 2. The number of aryl methyl sites for hydroxylation is 1. The summed E-state index contributed by atoms with van der Waals surface area (Å²) in [5, 5.41) is 17.3. The number of unbranched alkanes of at least 4 members (excludes halogenated alkanes) is 1. The number of rotatable bonds is 9. The van der Waals surface area contributed by atoms with Crippen molar-refractivity contribution in [3.63, 3.8) is 0 Å². The molecule has 0 bridgehead atoms. The molecule has 0 saturated heterocycles. The molecule has 2 aromatic heterocycles. The molecule has 3 rings (SSSR count). The van der Waals surface area contributed by atoms with Gasteiger partial charge in [0.05, 0.1) is 6.54 Å². The monoisotopic (exact) mass is 516 g/mol. The second-order valence-electron chi connectivity index (χ2n) is 7.39. The highest BCUT2D eigenvalue weighted by Crippen LogP contribution is 2.28. The molecular weight excluding hydrogens is 483 g/mol. The first-order chi connectivity index (χ1) is 13.2. The van der Waals surface area contributed by atoms with Gasteiger partial charge in [-0.25, -0.2) is 4.99 Å². The van der Waals surface area contributed by atoms with Crippen LogP contribution < -0.4 is 10.6 Å². The summed E-state index contributed by atoms with van der Waals surface area (Å²) in [6, 6.07) is 4.22. The van der Waals surface area contributed by atoms with Crippen molar-refractivity contribution in [3.8, 4) is 0 Å². The van der Waals surface area contributed by atoms with Gasteiger partial charge in [0, 0.05) is 18.5 Å². The summed E-state index contributed by atoms with van der Waals surface area (Å²) in [6.07, 6.45) is 9.65. The quantitative estimate of drug-likeness (QED) is 0.225. The van der Waals surface area contributed by atoms with Crippen molar-refractivity contribution in [2.45, 2.75) is 65.0 Å². The predicted molar refractivity (Wildman–Crippen MR) is 127 cm³/mol. The van der Waals surface area contributed by atoms with E-state index >= 15 is 0 Å². The smallest absolute Gasteiger partial charge is 0.192 e. The van der Waals surface area contributed by atoms with E-state index in [1.54, 1.807) is 11.3 Å². The highest BCUT2D eigenvalue weighted by Gasteiger charge is 2.14. The topological polar surface area (TPSA) is 67.1 Å². The standard InChI is InChI=1S/C20H32N6S.HI/c1-16-24-25-19(26(16)2)15-23-20(22-14-18-11-7-13-27-18)21-12-6-5-10-17-8-3-4-9-17;/h7,11,13,17H,3-6,8-10,12,14-15H2,1-2H3,(H2,21,22,23);1H. The number of hydrogen-bond acceptors (Lipinski definition) is 4. The third-order valence-electron chi connectivity index (χ3n) is 5.38.